The summed E-state index contributed by atoms with van der Waals surface area (Å²) >= 11 is 0. The Balaban J connectivity index is 1.61. The Bertz CT molecular complexity index is 1030. The van der Waals surface area contributed by atoms with Gasteiger partial charge in [0.2, 0.25) is 0 Å². The van der Waals surface area contributed by atoms with Crippen molar-refractivity contribution < 1.29 is 19.0 Å². The Morgan fingerprint density at radius 3 is 2.06 bits per heavy atom. The zero-order valence-electron chi connectivity index (χ0n) is 19.2. The van der Waals surface area contributed by atoms with Crippen molar-refractivity contribution in [2.24, 2.45) is 0 Å². The van der Waals surface area contributed by atoms with Crippen molar-refractivity contribution in [1.82, 2.24) is 4.98 Å². The molecule has 6 nitrogen and oxygen atoms in total. The van der Waals surface area contributed by atoms with E-state index in [0.717, 1.165) is 11.4 Å². The number of aryl methyl sites for hydroxylation is 1. The predicted octanol–water partition coefficient (Wildman–Crippen LogP) is 6.32. The number of benzene rings is 2. The van der Waals surface area contributed by atoms with Gasteiger partial charge in [0.05, 0.1) is 35.8 Å². The van der Waals surface area contributed by atoms with Gasteiger partial charge < -0.3 is 19.5 Å². The van der Waals surface area contributed by atoms with E-state index in [1.54, 1.807) is 18.2 Å². The normalized spacial score (nSPS) is 11.8. The lowest BCUT2D eigenvalue weighted by Gasteiger charge is -2.17. The highest BCUT2D eigenvalue weighted by molar-refractivity contribution is 6.05. The molecule has 0 radical (unpaired) electrons. The minimum atomic E-state index is -0.209. The number of aromatic nitrogens is 1. The van der Waals surface area contributed by atoms with E-state index in [-0.39, 0.29) is 18.1 Å². The molecule has 0 aliphatic heterocycles. The van der Waals surface area contributed by atoms with Gasteiger partial charge in [0, 0.05) is 5.69 Å². The molecule has 1 N–H and O–H groups in total. The predicted molar refractivity (Wildman–Crippen MR) is 126 cm³/mol. The maximum Gasteiger partial charge on any atom is 0.257 e. The van der Waals surface area contributed by atoms with Gasteiger partial charge in [-0.25, -0.2) is 0 Å². The van der Waals surface area contributed by atoms with Crippen LogP contribution in [0.4, 0.5) is 5.69 Å². The van der Waals surface area contributed by atoms with Gasteiger partial charge in [-0.15, -0.1) is 0 Å². The minimum absolute atomic E-state index is 0.108. The average Bonchev–Trinajstić information content (AvgIpc) is 2.76. The van der Waals surface area contributed by atoms with Crippen molar-refractivity contribution in [2.45, 2.75) is 46.8 Å². The molecule has 1 unspecified atom stereocenters. The number of carbonyl (C=O) groups is 1. The van der Waals surface area contributed by atoms with Crippen LogP contribution in [0.2, 0.25) is 0 Å². The van der Waals surface area contributed by atoms with E-state index in [1.165, 1.54) is 0 Å². The smallest absolute Gasteiger partial charge is 0.257 e. The summed E-state index contributed by atoms with van der Waals surface area (Å²) < 4.78 is 17.1. The molecule has 6 heteroatoms. The van der Waals surface area contributed by atoms with Crippen molar-refractivity contribution in [3.05, 3.63) is 77.6 Å². The van der Waals surface area contributed by atoms with E-state index in [1.807, 2.05) is 77.1 Å². The molecule has 1 atom stereocenters. The van der Waals surface area contributed by atoms with Crippen molar-refractivity contribution in [3.8, 4) is 17.2 Å². The Morgan fingerprint density at radius 2 is 1.50 bits per heavy atom. The summed E-state index contributed by atoms with van der Waals surface area (Å²) in [5, 5.41) is 2.91. The number of rotatable bonds is 9. The van der Waals surface area contributed by atoms with E-state index in [2.05, 4.69) is 10.3 Å². The molecule has 3 rings (SSSR count). The van der Waals surface area contributed by atoms with Crippen LogP contribution in [0.15, 0.2) is 60.7 Å². The van der Waals surface area contributed by atoms with Crippen molar-refractivity contribution in [1.29, 1.82) is 0 Å². The molecule has 0 aliphatic carbocycles. The standard InChI is InChI=1S/C26H30N2O4/c1-6-30-21-11-13-23(14-12-21)32-22-9-7-20(8-10-22)28-26(29)24-15-16-25(27-18(24)4)19(5)31-17(2)3/h7-17,19H,6H2,1-5H3,(H,28,29). The number of pyridine rings is 1. The summed E-state index contributed by atoms with van der Waals surface area (Å²) in [6.07, 6.45) is -0.0230. The summed E-state index contributed by atoms with van der Waals surface area (Å²) in [5.41, 5.74) is 2.67. The number of anilines is 1. The van der Waals surface area contributed by atoms with Gasteiger partial charge >= 0.3 is 0 Å². The van der Waals surface area contributed by atoms with Crippen LogP contribution in [0.5, 0.6) is 17.2 Å². The van der Waals surface area contributed by atoms with Crippen LogP contribution in [0.1, 0.15) is 55.5 Å². The molecular formula is C26H30N2O4. The Kier molecular flexibility index (Phi) is 7.84. The molecule has 1 amide bonds. The molecule has 1 heterocycles. The molecule has 0 saturated heterocycles. The first-order valence-electron chi connectivity index (χ1n) is 10.8. The zero-order chi connectivity index (χ0) is 23.1. The van der Waals surface area contributed by atoms with Crippen molar-refractivity contribution >= 4 is 11.6 Å². The molecular weight excluding hydrogens is 404 g/mol. The largest absolute Gasteiger partial charge is 0.494 e. The first-order chi connectivity index (χ1) is 15.4. The second-order valence-electron chi connectivity index (χ2n) is 7.68. The Morgan fingerprint density at radius 1 is 0.906 bits per heavy atom. The number of ether oxygens (including phenoxy) is 3. The number of nitrogens with one attached hydrogen (secondary N) is 1. The fourth-order valence-corrected chi connectivity index (χ4v) is 3.24. The van der Waals surface area contributed by atoms with Gasteiger partial charge in [0.1, 0.15) is 17.2 Å². The number of carbonyl (C=O) groups excluding carboxylic acids is 1. The lowest BCUT2D eigenvalue weighted by atomic mass is 10.1. The topological polar surface area (TPSA) is 69.7 Å². The summed E-state index contributed by atoms with van der Waals surface area (Å²) in [4.78, 5) is 17.3. The van der Waals surface area contributed by atoms with Gasteiger partial charge in [-0.05, 0) is 95.3 Å². The summed E-state index contributed by atoms with van der Waals surface area (Å²) in [6.45, 7) is 10.3. The van der Waals surface area contributed by atoms with E-state index < -0.39 is 0 Å². The third-order valence-corrected chi connectivity index (χ3v) is 4.73. The van der Waals surface area contributed by atoms with Crippen LogP contribution in [0.25, 0.3) is 0 Å². The third-order valence-electron chi connectivity index (χ3n) is 4.73. The zero-order valence-corrected chi connectivity index (χ0v) is 19.2. The molecule has 1 aromatic heterocycles. The minimum Gasteiger partial charge on any atom is -0.494 e. The quantitative estimate of drug-likeness (QED) is 0.427. The van der Waals surface area contributed by atoms with E-state index in [4.69, 9.17) is 14.2 Å². The monoisotopic (exact) mass is 434 g/mol. The molecule has 168 valence electrons. The van der Waals surface area contributed by atoms with Crippen LogP contribution in [0, 0.1) is 6.92 Å². The fourth-order valence-electron chi connectivity index (χ4n) is 3.24. The number of nitrogens with zero attached hydrogens (tertiary/aromatic N) is 1. The van der Waals surface area contributed by atoms with Crippen LogP contribution in [-0.4, -0.2) is 23.6 Å². The maximum atomic E-state index is 12.7. The number of amides is 1. The van der Waals surface area contributed by atoms with Gasteiger partial charge in [0.25, 0.3) is 5.91 Å². The van der Waals surface area contributed by atoms with E-state index >= 15 is 0 Å². The molecule has 0 bridgehead atoms. The van der Waals surface area contributed by atoms with Crippen LogP contribution >= 0.6 is 0 Å². The fraction of sp³-hybridized carbons (Fsp3) is 0.308. The molecule has 0 spiro atoms. The maximum absolute atomic E-state index is 12.7. The van der Waals surface area contributed by atoms with E-state index in [9.17, 15) is 4.79 Å². The molecule has 0 aliphatic rings. The molecule has 3 aromatic rings. The van der Waals surface area contributed by atoms with E-state index in [0.29, 0.717) is 35.1 Å². The molecule has 2 aromatic carbocycles. The van der Waals surface area contributed by atoms with Crippen LogP contribution in [-0.2, 0) is 4.74 Å². The van der Waals surface area contributed by atoms with Gasteiger partial charge in [-0.3, -0.25) is 9.78 Å². The van der Waals surface area contributed by atoms with Crippen molar-refractivity contribution in [2.75, 3.05) is 11.9 Å². The Labute approximate surface area is 189 Å². The van der Waals surface area contributed by atoms with Gasteiger partial charge in [-0.2, -0.15) is 0 Å². The molecule has 0 fully saturated rings. The highest BCUT2D eigenvalue weighted by Crippen LogP contribution is 2.25. The summed E-state index contributed by atoms with van der Waals surface area (Å²) in [6, 6.07) is 18.3. The summed E-state index contributed by atoms with van der Waals surface area (Å²) in [7, 11) is 0. The summed E-state index contributed by atoms with van der Waals surface area (Å²) in [5.74, 6) is 1.98. The highest BCUT2D eigenvalue weighted by atomic mass is 16.5. The third kappa shape index (κ3) is 6.31. The molecule has 32 heavy (non-hydrogen) atoms. The SMILES string of the molecule is CCOc1ccc(Oc2ccc(NC(=O)c3ccc(C(C)OC(C)C)nc3C)cc2)cc1. The Hall–Kier alpha value is -3.38. The highest BCUT2D eigenvalue weighted by Gasteiger charge is 2.15. The second kappa shape index (κ2) is 10.8. The average molecular weight is 435 g/mol. The second-order valence-corrected chi connectivity index (χ2v) is 7.68. The van der Waals surface area contributed by atoms with Gasteiger partial charge in [0.15, 0.2) is 0 Å². The van der Waals surface area contributed by atoms with Gasteiger partial charge in [-0.1, -0.05) is 0 Å². The van der Waals surface area contributed by atoms with Crippen LogP contribution < -0.4 is 14.8 Å². The number of hydrogen-bond acceptors (Lipinski definition) is 5. The van der Waals surface area contributed by atoms with Crippen molar-refractivity contribution in [3.63, 3.8) is 0 Å². The lowest BCUT2D eigenvalue weighted by molar-refractivity contribution is 0.0154. The number of hydrogen-bond donors (Lipinski definition) is 1. The lowest BCUT2D eigenvalue weighted by Crippen LogP contribution is -2.16. The molecule has 0 saturated carbocycles. The first-order valence-corrected chi connectivity index (χ1v) is 10.8. The first kappa shape index (κ1) is 23.3. The van der Waals surface area contributed by atoms with Crippen LogP contribution in [0.3, 0.4) is 0 Å².